The second-order valence-corrected chi connectivity index (χ2v) is 33.0. The van der Waals surface area contributed by atoms with E-state index < -0.39 is 11.6 Å². The fourth-order valence-electron chi connectivity index (χ4n) is 9.94. The second kappa shape index (κ2) is 49.4. The first-order chi connectivity index (χ1) is 59.5. The number of nitrogens with zero attached hydrogens (tertiary/aromatic N) is 12. The zero-order valence-corrected chi connectivity index (χ0v) is 75.3. The molecule has 124 heavy (non-hydrogen) atoms. The number of hydrogen-bond acceptors (Lipinski definition) is 37. The molecule has 35 nitrogen and oxygen atoms in total. The molecule has 2 aliphatic rings. The molecule has 1 aliphatic heterocycles. The van der Waals surface area contributed by atoms with E-state index in [1.54, 1.807) is 101 Å². The Kier molecular flexibility index (Phi) is 38.9. The number of carbonyl (C=O) groups excluding carboxylic acids is 8. The molecule has 7 N–H and O–H groups in total. The number of phenols is 2. The normalized spacial score (nSPS) is 11.6. The molecule has 11 aromatic rings. The van der Waals surface area contributed by atoms with Crippen molar-refractivity contribution < 1.29 is 90.9 Å². The minimum atomic E-state index is -0.681. The zero-order chi connectivity index (χ0) is 89.9. The highest BCUT2D eigenvalue weighted by Crippen LogP contribution is 2.43. The first kappa shape index (κ1) is 97.5. The van der Waals surface area contributed by atoms with E-state index in [4.69, 9.17) is 33.2 Å². The van der Waals surface area contributed by atoms with Crippen molar-refractivity contribution in [2.75, 3.05) is 90.0 Å². The third kappa shape index (κ3) is 30.6. The Morgan fingerprint density at radius 1 is 0.411 bits per heavy atom. The Labute approximate surface area is 740 Å². The number of aromatic amines is 5. The topological polar surface area (TPSA) is 483 Å². The number of carbonyl (C=O) groups is 8. The molecular weight excluding hydrogens is 1740 g/mol. The van der Waals surface area contributed by atoms with Gasteiger partial charge in [0.15, 0.2) is 75.2 Å². The number of rotatable bonds is 34. The molecule has 0 radical (unpaired) electrons. The Morgan fingerprint density at radius 2 is 0.782 bits per heavy atom. The lowest BCUT2D eigenvalue weighted by molar-refractivity contribution is -0.136. The number of H-pyrrole nitrogens is 5. The van der Waals surface area contributed by atoms with E-state index in [0.717, 1.165) is 46.7 Å². The van der Waals surface area contributed by atoms with Crippen molar-refractivity contribution in [3.63, 3.8) is 0 Å². The molecule has 1 aliphatic carbocycles. The fourth-order valence-corrected chi connectivity index (χ4v) is 14.3. The van der Waals surface area contributed by atoms with Gasteiger partial charge in [-0.2, -0.15) is 5.10 Å². The molecule has 0 saturated heterocycles. The minimum absolute atomic E-state index is 0.0181. The number of phenolic OH excluding ortho intramolecular Hbond substituents is 2. The smallest absolute Gasteiger partial charge is 0.337 e. The maximum Gasteiger partial charge on any atom is 0.337 e. The Bertz CT molecular complexity index is 5520. The Balaban J connectivity index is 0.000000185. The summed E-state index contributed by atoms with van der Waals surface area (Å²) in [4.78, 5) is 112. The van der Waals surface area contributed by atoms with Gasteiger partial charge in [-0.3, -0.25) is 59.1 Å². The van der Waals surface area contributed by atoms with Crippen LogP contribution in [0.5, 0.6) is 51.7 Å². The van der Waals surface area contributed by atoms with E-state index in [0.29, 0.717) is 146 Å². The largest absolute Gasteiger partial charge is 0.504 e. The summed E-state index contributed by atoms with van der Waals surface area (Å²) in [5, 5.41) is 65.1. The van der Waals surface area contributed by atoms with Crippen molar-refractivity contribution in [1.29, 1.82) is 0 Å². The van der Waals surface area contributed by atoms with E-state index >= 15 is 0 Å². The lowest BCUT2D eigenvalue weighted by Gasteiger charge is -2.13. The molecule has 6 heterocycles. The number of methoxy groups -OCH3 is 7. The summed E-state index contributed by atoms with van der Waals surface area (Å²) in [6.07, 6.45) is 2.19. The number of thioether (sulfide) groups is 7. The Morgan fingerprint density at radius 3 is 1.16 bits per heavy atom. The Hall–Kier alpha value is -11.9. The molecular formula is C81H88FN17O18S7. The van der Waals surface area contributed by atoms with Crippen LogP contribution < -0.4 is 33.2 Å². The van der Waals surface area contributed by atoms with Crippen molar-refractivity contribution in [2.24, 2.45) is 16.1 Å². The predicted molar refractivity (Wildman–Crippen MR) is 473 cm³/mol. The first-order valence-electron chi connectivity index (χ1n) is 37.1. The van der Waals surface area contributed by atoms with Gasteiger partial charge in [0.2, 0.25) is 37.3 Å². The van der Waals surface area contributed by atoms with Crippen LogP contribution in [0.25, 0.3) is 56.9 Å². The van der Waals surface area contributed by atoms with Crippen LogP contribution in [0.3, 0.4) is 0 Å². The number of aromatic nitrogens is 15. The lowest BCUT2D eigenvalue weighted by Crippen LogP contribution is -2.10. The third-order valence-corrected chi connectivity index (χ3v) is 22.9. The number of hydrogen-bond donors (Lipinski definition) is 7. The SMILES string of the molecule is CC(=O)CSC1=NN=C(c2cccc(F)c2O)C1.CCSc1ccc(-c2nc(SCC(C)=O)n[nH]2)cc1.COC(=O)c1ccc(-c2nc(SCC(C)=O)n[nH]2)cc1.COc1cc(-c2nc(SCC(C)=O)n[nH]2)cc(OC)c1O.COc1cc(-c2nc(SCC(C)=O)n[nH]2)cc(OC)c1OC.COc1cc(-c2nc(SCC(C)=O)n[nH]2)ccc1OC(=O)C1CC1. The number of esters is 2. The van der Waals surface area contributed by atoms with Crippen LogP contribution >= 0.6 is 82.3 Å². The summed E-state index contributed by atoms with van der Waals surface area (Å²) >= 11 is 9.55. The number of aromatic hydroxyl groups is 2. The highest BCUT2D eigenvalue weighted by Gasteiger charge is 2.32. The summed E-state index contributed by atoms with van der Waals surface area (Å²) in [6.45, 7) is 11.3. The molecule has 1 fully saturated rings. The molecule has 654 valence electrons. The first-order valence-corrected chi connectivity index (χ1v) is 44.0. The summed E-state index contributed by atoms with van der Waals surface area (Å²) < 4.78 is 54.6. The minimum Gasteiger partial charge on any atom is -0.504 e. The average Bonchev–Trinajstić information content (AvgIpc) is 1.21. The monoisotopic (exact) mass is 1830 g/mol. The van der Waals surface area contributed by atoms with E-state index in [1.807, 2.05) is 23.9 Å². The number of ether oxygens (including phenoxy) is 8. The van der Waals surface area contributed by atoms with Crippen LogP contribution in [0.4, 0.5) is 4.39 Å². The summed E-state index contributed by atoms with van der Waals surface area (Å²) in [5.41, 5.74) is 5.29. The van der Waals surface area contributed by atoms with Crippen LogP contribution in [0.2, 0.25) is 0 Å². The van der Waals surface area contributed by atoms with E-state index in [-0.39, 0.29) is 69.8 Å². The van der Waals surface area contributed by atoms with E-state index in [1.165, 1.54) is 151 Å². The number of Topliss-reactive ketones (excluding diaryl/α,β-unsaturated/α-hetero) is 6. The average molecular weight is 1830 g/mol. The van der Waals surface area contributed by atoms with Gasteiger partial charge in [0.25, 0.3) is 0 Å². The van der Waals surface area contributed by atoms with Gasteiger partial charge >= 0.3 is 11.9 Å². The number of nitrogens with one attached hydrogen (secondary N) is 5. The number of benzene rings is 6. The van der Waals surface area contributed by atoms with Crippen LogP contribution in [-0.4, -0.2) is 234 Å². The van der Waals surface area contributed by atoms with Gasteiger partial charge in [0.05, 0.1) is 101 Å². The highest BCUT2D eigenvalue weighted by atomic mass is 32.2. The quantitative estimate of drug-likeness (QED) is 0.0112. The summed E-state index contributed by atoms with van der Waals surface area (Å²) in [5.74, 6) is 7.76. The predicted octanol–water partition coefficient (Wildman–Crippen LogP) is 14.1. The molecule has 0 spiro atoms. The third-order valence-electron chi connectivity index (χ3n) is 16.0. The number of para-hydroxylation sites is 1. The molecule has 5 aromatic heterocycles. The van der Waals surface area contributed by atoms with Crippen LogP contribution in [0.15, 0.2) is 150 Å². The van der Waals surface area contributed by atoms with Crippen molar-refractivity contribution in [2.45, 2.75) is 98.4 Å². The van der Waals surface area contributed by atoms with Crippen LogP contribution in [-0.2, 0) is 38.3 Å². The number of halogens is 1. The highest BCUT2D eigenvalue weighted by molar-refractivity contribution is 8.14. The van der Waals surface area contributed by atoms with Crippen molar-refractivity contribution >= 4 is 140 Å². The second-order valence-electron chi connectivity index (χ2n) is 25.9. The fraction of sp³-hybridized carbons (Fsp3) is 0.309. The summed E-state index contributed by atoms with van der Waals surface area (Å²) in [6, 6.07) is 31.3. The molecule has 1 saturated carbocycles. The maximum absolute atomic E-state index is 13.2. The molecule has 43 heteroatoms. The van der Waals surface area contributed by atoms with Crippen LogP contribution in [0.1, 0.15) is 83.7 Å². The molecule has 6 aromatic carbocycles. The lowest BCUT2D eigenvalue weighted by atomic mass is 10.1. The van der Waals surface area contributed by atoms with Crippen molar-refractivity contribution in [1.82, 2.24) is 75.9 Å². The molecule has 0 bridgehead atoms. The zero-order valence-electron chi connectivity index (χ0n) is 69.6. The van der Waals surface area contributed by atoms with Gasteiger partial charge in [0.1, 0.15) is 39.7 Å². The van der Waals surface area contributed by atoms with Gasteiger partial charge in [-0.1, -0.05) is 96.1 Å². The molecule has 0 amide bonds. The van der Waals surface area contributed by atoms with Crippen molar-refractivity contribution in [3.8, 4) is 109 Å². The van der Waals surface area contributed by atoms with Gasteiger partial charge in [-0.05, 0) is 139 Å². The van der Waals surface area contributed by atoms with Gasteiger partial charge < -0.3 is 48.1 Å². The van der Waals surface area contributed by atoms with Crippen LogP contribution in [0, 0.1) is 11.7 Å². The number of ketones is 6. The molecule has 0 atom stereocenters. The van der Waals surface area contributed by atoms with Gasteiger partial charge in [0, 0.05) is 44.7 Å². The molecule has 0 unspecified atom stereocenters. The maximum atomic E-state index is 13.2. The summed E-state index contributed by atoms with van der Waals surface area (Å²) in [7, 11) is 10.4. The standard InChI is InChI=1S/C16H17N3O4S.C14H17N3O4S.C13H15N3O4S.C13H13N3O3S.C13H15N3OS2.C12H11FN2O2S/c1-9(20)8-24-16-17-14(18-19-16)11-5-6-12(13(7-11)22-2)23-15(21)10-3-4-10;1-8(18)7-22-14-15-13(16-17-14)9-5-10(19-2)12(21-4)11(6-9)20-3;1-7(17)6-21-13-14-12(15-16-13)8-4-9(19-2)11(18)10(5-8)20-3;1-8(17)7-20-13-14-11(15-16-13)9-3-5-10(6-4-9)12(18)19-2;1-3-18-11-6-4-10(5-7-11)12-14-13(16-15-12)19-8-9(2)17;1-7(16)6-18-11-5-10(14-15-11)8-3-2-4-9(13)12(8)17/h5-7,10H,3-4,8H2,1-2H3,(H,17,18,19);5-6H,7H2,1-4H3,(H,15,16,17);4-5,18H,6H2,1-3H3,(H,14,15,16);3-6H,7H2,1-2H3,(H,14,15,16);4-7H,3,8H2,1-2H3,(H,14,15,16);2-4,17H,5-6H2,1H3. The van der Waals surface area contributed by atoms with E-state index in [9.17, 15) is 53.0 Å². The van der Waals surface area contributed by atoms with E-state index in [2.05, 4.69) is 110 Å². The van der Waals surface area contributed by atoms with Gasteiger partial charge in [-0.25, -0.2) is 34.1 Å². The molecule has 13 rings (SSSR count). The van der Waals surface area contributed by atoms with Crippen molar-refractivity contribution in [3.05, 3.63) is 126 Å². The van der Waals surface area contributed by atoms with Gasteiger partial charge in [-0.15, -0.1) is 54.1 Å².